The van der Waals surface area contributed by atoms with Gasteiger partial charge in [-0.1, -0.05) is 42.5 Å². The molecule has 0 atom stereocenters. The van der Waals surface area contributed by atoms with Gasteiger partial charge >= 0.3 is 0 Å². The van der Waals surface area contributed by atoms with E-state index >= 15 is 0 Å². The first-order valence-electron chi connectivity index (χ1n) is 10.5. The zero-order chi connectivity index (χ0) is 23.6. The third kappa shape index (κ3) is 6.97. The Morgan fingerprint density at radius 3 is 2.27 bits per heavy atom. The Morgan fingerprint density at radius 1 is 0.879 bits per heavy atom. The molecule has 0 unspecified atom stereocenters. The van der Waals surface area contributed by atoms with Crippen LogP contribution < -0.4 is 14.2 Å². The minimum Gasteiger partial charge on any atom is -0.493 e. The standard InChI is InChI=1S/C27H27NO5/c1-28(2)27(30)19-32-23-13-11-22(12-14-23)24(29)15-9-20-10-16-25(26(17-20)31-3)33-18-21-7-5-4-6-8-21/h4-17H,18-19H2,1-3H3/b15-9+. The number of carbonyl (C=O) groups is 2. The molecule has 0 N–H and O–H groups in total. The molecule has 0 saturated carbocycles. The normalized spacial score (nSPS) is 10.6. The molecule has 6 heteroatoms. The number of hydrogen-bond acceptors (Lipinski definition) is 5. The Kier molecular flexibility index (Phi) is 8.24. The third-order valence-electron chi connectivity index (χ3n) is 4.85. The molecule has 0 aromatic heterocycles. The van der Waals surface area contributed by atoms with E-state index in [1.165, 1.54) is 11.0 Å². The monoisotopic (exact) mass is 445 g/mol. The van der Waals surface area contributed by atoms with Gasteiger partial charge in [0.2, 0.25) is 0 Å². The van der Waals surface area contributed by atoms with Gasteiger partial charge in [0.15, 0.2) is 23.9 Å². The lowest BCUT2D eigenvalue weighted by Gasteiger charge is -2.11. The van der Waals surface area contributed by atoms with Gasteiger partial charge in [-0.25, -0.2) is 0 Å². The summed E-state index contributed by atoms with van der Waals surface area (Å²) in [6, 6.07) is 22.1. The number of amides is 1. The maximum absolute atomic E-state index is 12.5. The number of nitrogens with zero attached hydrogens (tertiary/aromatic N) is 1. The van der Waals surface area contributed by atoms with Crippen molar-refractivity contribution in [1.29, 1.82) is 0 Å². The smallest absolute Gasteiger partial charge is 0.259 e. The van der Waals surface area contributed by atoms with Crippen LogP contribution in [0.5, 0.6) is 17.2 Å². The van der Waals surface area contributed by atoms with E-state index in [9.17, 15) is 9.59 Å². The van der Waals surface area contributed by atoms with Crippen LogP contribution in [0.1, 0.15) is 21.5 Å². The fourth-order valence-corrected chi connectivity index (χ4v) is 2.90. The molecule has 170 valence electrons. The average Bonchev–Trinajstić information content (AvgIpc) is 2.85. The maximum atomic E-state index is 12.5. The molecule has 1 amide bonds. The van der Waals surface area contributed by atoms with Crippen LogP contribution in [0.2, 0.25) is 0 Å². The Bertz CT molecular complexity index is 1110. The molecule has 0 aliphatic rings. The highest BCUT2D eigenvalue weighted by molar-refractivity contribution is 6.06. The van der Waals surface area contributed by atoms with Crippen molar-refractivity contribution in [3.8, 4) is 17.2 Å². The average molecular weight is 446 g/mol. The first kappa shape index (κ1) is 23.6. The quantitative estimate of drug-likeness (QED) is 0.336. The van der Waals surface area contributed by atoms with Crippen LogP contribution in [0.15, 0.2) is 78.9 Å². The van der Waals surface area contributed by atoms with E-state index in [1.54, 1.807) is 51.5 Å². The lowest BCUT2D eigenvalue weighted by atomic mass is 10.1. The molecule has 0 saturated heterocycles. The Morgan fingerprint density at radius 2 is 1.61 bits per heavy atom. The molecule has 0 bridgehead atoms. The number of likely N-dealkylation sites (N-methyl/N-ethyl adjacent to an activating group) is 1. The summed E-state index contributed by atoms with van der Waals surface area (Å²) in [6.07, 6.45) is 3.23. The van der Waals surface area contributed by atoms with E-state index in [0.29, 0.717) is 29.4 Å². The summed E-state index contributed by atoms with van der Waals surface area (Å²) >= 11 is 0. The van der Waals surface area contributed by atoms with E-state index in [2.05, 4.69) is 0 Å². The van der Waals surface area contributed by atoms with Crippen LogP contribution in [-0.2, 0) is 11.4 Å². The van der Waals surface area contributed by atoms with Gasteiger partial charge in [0.1, 0.15) is 12.4 Å². The predicted octanol–water partition coefficient (Wildman–Crippen LogP) is 4.64. The molecular weight excluding hydrogens is 418 g/mol. The Balaban J connectivity index is 1.60. The minimum atomic E-state index is -0.144. The molecule has 6 nitrogen and oxygen atoms in total. The predicted molar refractivity (Wildman–Crippen MR) is 128 cm³/mol. The van der Waals surface area contributed by atoms with Crippen LogP contribution in [-0.4, -0.2) is 44.4 Å². The summed E-state index contributed by atoms with van der Waals surface area (Å²) in [7, 11) is 4.92. The van der Waals surface area contributed by atoms with Crippen molar-refractivity contribution in [2.75, 3.05) is 27.8 Å². The second-order valence-corrected chi connectivity index (χ2v) is 7.48. The number of ketones is 1. The van der Waals surface area contributed by atoms with Gasteiger partial charge < -0.3 is 19.1 Å². The van der Waals surface area contributed by atoms with Crippen LogP contribution in [0.3, 0.4) is 0 Å². The second kappa shape index (κ2) is 11.5. The third-order valence-corrected chi connectivity index (χ3v) is 4.85. The van der Waals surface area contributed by atoms with Crippen molar-refractivity contribution in [1.82, 2.24) is 4.90 Å². The highest BCUT2D eigenvalue weighted by atomic mass is 16.5. The van der Waals surface area contributed by atoms with E-state index in [4.69, 9.17) is 14.2 Å². The van der Waals surface area contributed by atoms with Gasteiger partial charge in [-0.3, -0.25) is 9.59 Å². The van der Waals surface area contributed by atoms with Crippen molar-refractivity contribution < 1.29 is 23.8 Å². The fraction of sp³-hybridized carbons (Fsp3) is 0.185. The summed E-state index contributed by atoms with van der Waals surface area (Å²) < 4.78 is 16.8. The second-order valence-electron chi connectivity index (χ2n) is 7.48. The first-order chi connectivity index (χ1) is 16.0. The Hall–Kier alpha value is -4.06. The van der Waals surface area contributed by atoms with E-state index < -0.39 is 0 Å². The number of methoxy groups -OCH3 is 1. The van der Waals surface area contributed by atoms with Crippen molar-refractivity contribution >= 4 is 17.8 Å². The van der Waals surface area contributed by atoms with Gasteiger partial charge in [-0.15, -0.1) is 0 Å². The summed E-state index contributed by atoms with van der Waals surface area (Å²) in [5.74, 6) is 1.48. The van der Waals surface area contributed by atoms with Crippen LogP contribution in [0.4, 0.5) is 0 Å². The summed E-state index contributed by atoms with van der Waals surface area (Å²) in [4.78, 5) is 25.6. The van der Waals surface area contributed by atoms with Gasteiger partial charge in [-0.2, -0.15) is 0 Å². The number of allylic oxidation sites excluding steroid dienone is 1. The number of benzene rings is 3. The number of ether oxygens (including phenoxy) is 3. The highest BCUT2D eigenvalue weighted by Crippen LogP contribution is 2.29. The van der Waals surface area contributed by atoms with Crippen molar-refractivity contribution in [3.05, 3.63) is 95.6 Å². The maximum Gasteiger partial charge on any atom is 0.259 e. The van der Waals surface area contributed by atoms with Crippen molar-refractivity contribution in [2.45, 2.75) is 6.61 Å². The van der Waals surface area contributed by atoms with Crippen LogP contribution in [0, 0.1) is 0 Å². The van der Waals surface area contributed by atoms with Gasteiger partial charge in [0.25, 0.3) is 5.91 Å². The highest BCUT2D eigenvalue weighted by Gasteiger charge is 2.08. The number of rotatable bonds is 10. The molecule has 0 spiro atoms. The molecule has 33 heavy (non-hydrogen) atoms. The summed E-state index contributed by atoms with van der Waals surface area (Å²) in [5.41, 5.74) is 2.40. The van der Waals surface area contributed by atoms with E-state index in [-0.39, 0.29) is 18.3 Å². The van der Waals surface area contributed by atoms with Crippen LogP contribution in [0.25, 0.3) is 6.08 Å². The largest absolute Gasteiger partial charge is 0.493 e. The lowest BCUT2D eigenvalue weighted by Crippen LogP contribution is -2.27. The molecule has 3 aromatic carbocycles. The van der Waals surface area contributed by atoms with Crippen molar-refractivity contribution in [3.63, 3.8) is 0 Å². The fourth-order valence-electron chi connectivity index (χ4n) is 2.90. The lowest BCUT2D eigenvalue weighted by molar-refractivity contribution is -0.130. The summed E-state index contributed by atoms with van der Waals surface area (Å²) in [5, 5.41) is 0. The van der Waals surface area contributed by atoms with Crippen LogP contribution >= 0.6 is 0 Å². The number of hydrogen-bond donors (Lipinski definition) is 0. The zero-order valence-corrected chi connectivity index (χ0v) is 19.0. The molecular formula is C27H27NO5. The van der Waals surface area contributed by atoms with Gasteiger partial charge in [0.05, 0.1) is 7.11 Å². The van der Waals surface area contributed by atoms with E-state index in [0.717, 1.165) is 11.1 Å². The zero-order valence-electron chi connectivity index (χ0n) is 19.0. The Labute approximate surface area is 194 Å². The SMILES string of the molecule is COc1cc(/C=C/C(=O)c2ccc(OCC(=O)N(C)C)cc2)ccc1OCc1ccccc1. The molecule has 0 fully saturated rings. The van der Waals surface area contributed by atoms with Gasteiger partial charge in [-0.05, 0) is 53.6 Å². The molecule has 0 radical (unpaired) electrons. The topological polar surface area (TPSA) is 65.1 Å². The first-order valence-corrected chi connectivity index (χ1v) is 10.5. The molecule has 0 aliphatic heterocycles. The number of carbonyl (C=O) groups excluding carboxylic acids is 2. The minimum absolute atomic E-state index is 0.0485. The van der Waals surface area contributed by atoms with Crippen molar-refractivity contribution in [2.24, 2.45) is 0 Å². The molecule has 3 rings (SSSR count). The molecule has 3 aromatic rings. The summed E-state index contributed by atoms with van der Waals surface area (Å²) in [6.45, 7) is 0.390. The van der Waals surface area contributed by atoms with Gasteiger partial charge in [0, 0.05) is 19.7 Å². The van der Waals surface area contributed by atoms with E-state index in [1.807, 2.05) is 48.5 Å². The molecule has 0 heterocycles. The molecule has 0 aliphatic carbocycles.